The van der Waals surface area contributed by atoms with Crippen molar-refractivity contribution in [2.45, 2.75) is 38.1 Å². The van der Waals surface area contributed by atoms with Gasteiger partial charge in [-0.2, -0.15) is 10.5 Å². The molecule has 1 aliphatic rings. The summed E-state index contributed by atoms with van der Waals surface area (Å²) in [4.78, 5) is 6.58. The van der Waals surface area contributed by atoms with Crippen LogP contribution in [0.5, 0.6) is 0 Å². The molecule has 4 atom stereocenters. The van der Waals surface area contributed by atoms with Crippen LogP contribution in [0, 0.1) is 48.0 Å². The molecule has 1 fully saturated rings. The molecule has 0 bridgehead atoms. The maximum Gasteiger partial charge on any atom is 0.378 e. The molecule has 1 aliphatic carbocycles. The van der Waals surface area contributed by atoms with Crippen LogP contribution in [0.1, 0.15) is 25.7 Å². The van der Waals surface area contributed by atoms with E-state index < -0.39 is 12.5 Å². The Bertz CT molecular complexity index is 397. The first-order valence-corrected chi connectivity index (χ1v) is 5.59. The van der Waals surface area contributed by atoms with Gasteiger partial charge in [0.15, 0.2) is 0 Å². The molecule has 4 unspecified atom stereocenters. The van der Waals surface area contributed by atoms with Crippen molar-refractivity contribution in [3.05, 3.63) is 22.8 Å². The number of nitrogens with zero attached hydrogens (tertiary/aromatic N) is 4. The molecule has 0 aliphatic heterocycles. The minimum Gasteiger partial charge on any atom is -0.349 e. The molecule has 0 radical (unpaired) electrons. The third kappa shape index (κ3) is 3.27. The normalized spacial score (nSPS) is 25.3. The van der Waals surface area contributed by atoms with Crippen molar-refractivity contribution >= 4 is 0 Å². The second-order valence-corrected chi connectivity index (χ2v) is 4.14. The fourth-order valence-corrected chi connectivity index (χ4v) is 2.35. The highest BCUT2D eigenvalue weighted by Crippen LogP contribution is 2.35. The molecule has 6 nitrogen and oxygen atoms in total. The van der Waals surface area contributed by atoms with Crippen LogP contribution in [0.15, 0.2) is 0 Å². The van der Waals surface area contributed by atoms with Gasteiger partial charge in [-0.05, 0) is 19.3 Å². The summed E-state index contributed by atoms with van der Waals surface area (Å²) in [5.41, 5.74) is 0. The first kappa shape index (κ1) is 13.6. The van der Waals surface area contributed by atoms with Crippen molar-refractivity contribution < 1.29 is 9.47 Å². The Hall–Kier alpha value is -2.44. The second-order valence-electron chi connectivity index (χ2n) is 4.14. The van der Waals surface area contributed by atoms with Crippen LogP contribution < -0.4 is 0 Å². The van der Waals surface area contributed by atoms with E-state index in [1.54, 1.807) is 12.5 Å². The molecule has 92 valence electrons. The second kappa shape index (κ2) is 7.00. The van der Waals surface area contributed by atoms with Crippen molar-refractivity contribution in [2.24, 2.45) is 11.8 Å². The molecule has 0 aromatic heterocycles. The number of hydrogen-bond donors (Lipinski definition) is 0. The van der Waals surface area contributed by atoms with Crippen LogP contribution in [0.2, 0.25) is 0 Å². The van der Waals surface area contributed by atoms with Crippen LogP contribution in [-0.4, -0.2) is 12.5 Å². The summed E-state index contributed by atoms with van der Waals surface area (Å²) in [5.74, 6) is -0.153. The monoisotopic (exact) mass is 244 g/mol. The van der Waals surface area contributed by atoms with Crippen molar-refractivity contribution in [1.82, 2.24) is 0 Å². The Morgan fingerprint density at radius 3 is 1.78 bits per heavy atom. The number of hydrogen-bond acceptors (Lipinski definition) is 4. The van der Waals surface area contributed by atoms with Gasteiger partial charge >= 0.3 is 12.5 Å². The smallest absolute Gasteiger partial charge is 0.349 e. The first-order chi connectivity index (χ1) is 8.76. The summed E-state index contributed by atoms with van der Waals surface area (Å²) in [6.07, 6.45) is 4.52. The lowest BCUT2D eigenvalue weighted by Gasteiger charge is -2.27. The number of rotatable bonds is 4. The standard InChI is InChI=1S/C12H12N4O2/c1-15-11(17-7-13)9-4-3-5-10(6-9)12(16-2)18-8-14/h9-12H,3-6H2. The van der Waals surface area contributed by atoms with E-state index in [0.717, 1.165) is 19.3 Å². The quantitative estimate of drug-likeness (QED) is 0.561. The van der Waals surface area contributed by atoms with Crippen LogP contribution in [0.4, 0.5) is 0 Å². The molecule has 18 heavy (non-hydrogen) atoms. The van der Waals surface area contributed by atoms with E-state index in [1.807, 2.05) is 0 Å². The van der Waals surface area contributed by atoms with Crippen LogP contribution >= 0.6 is 0 Å². The topological polar surface area (TPSA) is 74.8 Å². The van der Waals surface area contributed by atoms with Crippen molar-refractivity contribution in [3.63, 3.8) is 0 Å². The number of nitriles is 2. The van der Waals surface area contributed by atoms with Gasteiger partial charge in [-0.25, -0.2) is 13.1 Å². The maximum atomic E-state index is 8.47. The van der Waals surface area contributed by atoms with Crippen molar-refractivity contribution in [1.29, 1.82) is 10.5 Å². The SMILES string of the molecule is [C-]#[N+]C(OC#N)C1CCCC(C([N+]#[C-])OC#N)C1. The van der Waals surface area contributed by atoms with E-state index in [4.69, 9.17) is 33.1 Å². The van der Waals surface area contributed by atoms with Gasteiger partial charge in [0.05, 0.1) is 11.8 Å². The van der Waals surface area contributed by atoms with E-state index in [1.165, 1.54) is 0 Å². The Labute approximate surface area is 106 Å². The molecular weight excluding hydrogens is 232 g/mol. The zero-order valence-electron chi connectivity index (χ0n) is 9.74. The lowest BCUT2D eigenvalue weighted by atomic mass is 9.79. The minimum atomic E-state index is -0.786. The lowest BCUT2D eigenvalue weighted by Crippen LogP contribution is -2.31. The fourth-order valence-electron chi connectivity index (χ4n) is 2.35. The first-order valence-electron chi connectivity index (χ1n) is 5.59. The van der Waals surface area contributed by atoms with Gasteiger partial charge in [0.25, 0.3) is 12.5 Å². The van der Waals surface area contributed by atoms with Gasteiger partial charge in [-0.1, -0.05) is 6.42 Å². The number of ether oxygens (including phenoxy) is 2. The van der Waals surface area contributed by atoms with Crippen molar-refractivity contribution in [3.8, 4) is 12.5 Å². The Kier molecular flexibility index (Phi) is 5.30. The van der Waals surface area contributed by atoms with Gasteiger partial charge in [0.2, 0.25) is 0 Å². The largest absolute Gasteiger partial charge is 0.378 e. The van der Waals surface area contributed by atoms with E-state index in [0.29, 0.717) is 6.42 Å². The zero-order chi connectivity index (χ0) is 13.4. The molecule has 0 spiro atoms. The lowest BCUT2D eigenvalue weighted by molar-refractivity contribution is 0.0529. The van der Waals surface area contributed by atoms with Crippen LogP contribution in [-0.2, 0) is 9.47 Å². The van der Waals surface area contributed by atoms with E-state index in [-0.39, 0.29) is 11.8 Å². The molecule has 0 aromatic rings. The predicted octanol–water partition coefficient (Wildman–Crippen LogP) is 2.28. The summed E-state index contributed by atoms with van der Waals surface area (Å²) >= 11 is 0. The average molecular weight is 244 g/mol. The minimum absolute atomic E-state index is 0.0764. The summed E-state index contributed by atoms with van der Waals surface area (Å²) in [6, 6.07) is 0. The van der Waals surface area contributed by atoms with Gasteiger partial charge in [0.1, 0.15) is 0 Å². The summed E-state index contributed by atoms with van der Waals surface area (Å²) in [6.45, 7) is 14.0. The molecule has 0 amide bonds. The van der Waals surface area contributed by atoms with E-state index >= 15 is 0 Å². The maximum absolute atomic E-state index is 8.47. The van der Waals surface area contributed by atoms with Gasteiger partial charge in [0, 0.05) is 0 Å². The molecule has 1 rings (SSSR count). The average Bonchev–Trinajstić information content (AvgIpc) is 2.42. The molecule has 0 N–H and O–H groups in total. The third-order valence-corrected chi connectivity index (χ3v) is 3.16. The van der Waals surface area contributed by atoms with Crippen LogP contribution in [0.3, 0.4) is 0 Å². The molecule has 1 saturated carbocycles. The van der Waals surface area contributed by atoms with Crippen molar-refractivity contribution in [2.75, 3.05) is 0 Å². The summed E-state index contributed by atoms with van der Waals surface area (Å²) < 4.78 is 9.44. The Balaban J connectivity index is 2.67. The van der Waals surface area contributed by atoms with Gasteiger partial charge < -0.3 is 9.47 Å². The van der Waals surface area contributed by atoms with E-state index in [9.17, 15) is 0 Å². The molecule has 6 heteroatoms. The summed E-state index contributed by atoms with van der Waals surface area (Å²) in [7, 11) is 0. The molecule has 0 saturated heterocycles. The zero-order valence-corrected chi connectivity index (χ0v) is 9.74. The van der Waals surface area contributed by atoms with Gasteiger partial charge in [-0.3, -0.25) is 9.69 Å². The molecule has 0 aromatic carbocycles. The fraction of sp³-hybridized carbons (Fsp3) is 0.667. The molecular formula is C12H12N4O2. The molecule has 0 heterocycles. The highest BCUT2D eigenvalue weighted by molar-refractivity contribution is 4.90. The third-order valence-electron chi connectivity index (χ3n) is 3.16. The Morgan fingerprint density at radius 1 is 1.00 bits per heavy atom. The van der Waals surface area contributed by atoms with E-state index in [2.05, 4.69) is 9.69 Å². The Morgan fingerprint density at radius 2 is 1.44 bits per heavy atom. The highest BCUT2D eigenvalue weighted by atomic mass is 16.5. The van der Waals surface area contributed by atoms with Crippen LogP contribution in [0.25, 0.3) is 9.69 Å². The van der Waals surface area contributed by atoms with Gasteiger partial charge in [-0.15, -0.1) is 0 Å². The predicted molar refractivity (Wildman–Crippen MR) is 59.6 cm³/mol. The highest BCUT2D eigenvalue weighted by Gasteiger charge is 2.40. The summed E-state index contributed by atoms with van der Waals surface area (Å²) in [5, 5.41) is 16.9.